The van der Waals surface area contributed by atoms with Crippen molar-refractivity contribution in [2.75, 3.05) is 0 Å². The minimum Gasteiger partial charge on any atom is -0.300 e. The highest BCUT2D eigenvalue weighted by Crippen LogP contribution is 2.25. The van der Waals surface area contributed by atoms with E-state index < -0.39 is 0 Å². The molecule has 0 aromatic rings. The molecule has 0 fully saturated rings. The van der Waals surface area contributed by atoms with E-state index in [1.54, 1.807) is 0 Å². The van der Waals surface area contributed by atoms with Crippen molar-refractivity contribution >= 4 is 5.78 Å². The van der Waals surface area contributed by atoms with Crippen molar-refractivity contribution in [3.63, 3.8) is 0 Å². The normalized spacial score (nSPS) is 25.8. The molecular weight excluding hydrogens is 244 g/mol. The summed E-state index contributed by atoms with van der Waals surface area (Å²) in [4.78, 5) is 11.9. The van der Waals surface area contributed by atoms with Gasteiger partial charge in [-0.05, 0) is 76.0 Å². The highest BCUT2D eigenvalue weighted by atomic mass is 16.1. The predicted molar refractivity (Wildman–Crippen MR) is 85.7 cm³/mol. The number of Topliss-reactive ketones (excluding diaryl/α,β-unsaturated/α-hetero) is 1. The van der Waals surface area contributed by atoms with E-state index in [2.05, 4.69) is 24.3 Å². The molecular formula is C19H30O. The Hall–Kier alpha value is -0.850. The summed E-state index contributed by atoms with van der Waals surface area (Å²) in [6.45, 7) is 0. The van der Waals surface area contributed by atoms with Crippen LogP contribution in [-0.2, 0) is 4.79 Å². The molecule has 2 aliphatic carbocycles. The van der Waals surface area contributed by atoms with Crippen LogP contribution in [0.1, 0.15) is 77.0 Å². The molecule has 1 nitrogen and oxygen atoms in total. The van der Waals surface area contributed by atoms with Gasteiger partial charge < -0.3 is 0 Å². The van der Waals surface area contributed by atoms with Gasteiger partial charge in [0.05, 0.1) is 0 Å². The second-order valence-electron chi connectivity index (χ2n) is 6.62. The molecule has 0 aliphatic heterocycles. The van der Waals surface area contributed by atoms with Crippen molar-refractivity contribution in [2.45, 2.75) is 77.0 Å². The second-order valence-corrected chi connectivity index (χ2v) is 6.62. The summed E-state index contributed by atoms with van der Waals surface area (Å²) in [5.41, 5.74) is 0. The van der Waals surface area contributed by atoms with Crippen molar-refractivity contribution in [3.8, 4) is 0 Å². The lowest BCUT2D eigenvalue weighted by molar-refractivity contribution is -0.119. The molecule has 0 unspecified atom stereocenters. The van der Waals surface area contributed by atoms with E-state index in [9.17, 15) is 4.79 Å². The average molecular weight is 274 g/mol. The van der Waals surface area contributed by atoms with Crippen molar-refractivity contribution in [2.24, 2.45) is 11.8 Å². The number of hydrogen-bond donors (Lipinski definition) is 0. The van der Waals surface area contributed by atoms with Crippen molar-refractivity contribution in [1.82, 2.24) is 0 Å². The fraction of sp³-hybridized carbons (Fsp3) is 0.737. The Labute approximate surface area is 124 Å². The number of ketones is 1. The zero-order valence-electron chi connectivity index (χ0n) is 12.9. The highest BCUT2D eigenvalue weighted by molar-refractivity contribution is 5.78. The average Bonchev–Trinajstić information content (AvgIpc) is 2.49. The van der Waals surface area contributed by atoms with E-state index in [0.29, 0.717) is 5.78 Å². The number of allylic oxidation sites excluding steroid dienone is 4. The van der Waals surface area contributed by atoms with Crippen LogP contribution in [0.4, 0.5) is 0 Å². The number of carbonyl (C=O) groups excluding carboxylic acids is 1. The van der Waals surface area contributed by atoms with E-state index in [0.717, 1.165) is 37.5 Å². The van der Waals surface area contributed by atoms with Crippen LogP contribution in [-0.4, -0.2) is 5.78 Å². The van der Waals surface area contributed by atoms with E-state index in [1.165, 1.54) is 51.4 Å². The molecule has 20 heavy (non-hydrogen) atoms. The highest BCUT2D eigenvalue weighted by Gasteiger charge is 2.12. The van der Waals surface area contributed by atoms with E-state index >= 15 is 0 Å². The monoisotopic (exact) mass is 274 g/mol. The molecule has 0 heterocycles. The zero-order chi connectivity index (χ0) is 14.0. The Morgan fingerprint density at radius 3 is 1.70 bits per heavy atom. The number of hydrogen-bond acceptors (Lipinski definition) is 1. The Kier molecular flexibility index (Phi) is 7.11. The van der Waals surface area contributed by atoms with Crippen molar-refractivity contribution < 1.29 is 4.79 Å². The largest absolute Gasteiger partial charge is 0.300 e. The Morgan fingerprint density at radius 1 is 0.800 bits per heavy atom. The van der Waals surface area contributed by atoms with Crippen LogP contribution < -0.4 is 0 Å². The second kappa shape index (κ2) is 9.15. The maximum Gasteiger partial charge on any atom is 0.132 e. The minimum absolute atomic E-state index is 0.503. The van der Waals surface area contributed by atoms with Gasteiger partial charge in [-0.15, -0.1) is 0 Å². The first-order valence-electron chi connectivity index (χ1n) is 8.66. The summed E-state index contributed by atoms with van der Waals surface area (Å²) < 4.78 is 0. The van der Waals surface area contributed by atoms with Crippen LogP contribution in [0.2, 0.25) is 0 Å². The lowest BCUT2D eigenvalue weighted by Gasteiger charge is -2.17. The maximum atomic E-state index is 11.9. The first-order chi connectivity index (χ1) is 9.84. The molecule has 0 amide bonds. The molecule has 0 radical (unpaired) electrons. The first-order valence-corrected chi connectivity index (χ1v) is 8.66. The smallest absolute Gasteiger partial charge is 0.132 e. The molecule has 0 spiro atoms. The molecule has 2 rings (SSSR count). The van der Waals surface area contributed by atoms with Crippen LogP contribution >= 0.6 is 0 Å². The maximum absolute atomic E-state index is 11.9. The van der Waals surface area contributed by atoms with E-state index in [1.807, 2.05) is 0 Å². The molecule has 0 saturated carbocycles. The molecule has 2 atom stereocenters. The fourth-order valence-electron chi connectivity index (χ4n) is 3.54. The van der Waals surface area contributed by atoms with Crippen LogP contribution in [0, 0.1) is 11.8 Å². The number of carbonyl (C=O) groups is 1. The molecule has 0 saturated heterocycles. The summed E-state index contributed by atoms with van der Waals surface area (Å²) in [5.74, 6) is 2.20. The quantitative estimate of drug-likeness (QED) is 0.526. The number of rotatable bonds is 8. The van der Waals surface area contributed by atoms with Crippen LogP contribution in [0.15, 0.2) is 24.3 Å². The summed E-state index contributed by atoms with van der Waals surface area (Å²) in [6, 6.07) is 0. The molecule has 1 heteroatoms. The van der Waals surface area contributed by atoms with Gasteiger partial charge in [0.2, 0.25) is 0 Å². The fourth-order valence-corrected chi connectivity index (χ4v) is 3.54. The van der Waals surface area contributed by atoms with Gasteiger partial charge in [0, 0.05) is 12.8 Å². The van der Waals surface area contributed by atoms with Gasteiger partial charge >= 0.3 is 0 Å². The Bertz CT molecular complexity index is 308. The van der Waals surface area contributed by atoms with Crippen LogP contribution in [0.3, 0.4) is 0 Å². The summed E-state index contributed by atoms with van der Waals surface area (Å²) >= 11 is 0. The van der Waals surface area contributed by atoms with Gasteiger partial charge in [-0.25, -0.2) is 0 Å². The SMILES string of the molecule is O=C(CCC[C@H]1CC=CCC1)CCC[C@H]1CC=CCC1. The van der Waals surface area contributed by atoms with Gasteiger partial charge in [-0.2, -0.15) is 0 Å². The van der Waals surface area contributed by atoms with Crippen molar-refractivity contribution in [1.29, 1.82) is 0 Å². The zero-order valence-corrected chi connectivity index (χ0v) is 12.9. The first kappa shape index (κ1) is 15.5. The Morgan fingerprint density at radius 2 is 1.30 bits per heavy atom. The van der Waals surface area contributed by atoms with Gasteiger partial charge in [-0.1, -0.05) is 24.3 Å². The molecule has 112 valence electrons. The molecule has 0 aromatic carbocycles. The summed E-state index contributed by atoms with van der Waals surface area (Å²) in [6.07, 6.45) is 23.2. The van der Waals surface area contributed by atoms with Gasteiger partial charge in [-0.3, -0.25) is 4.79 Å². The standard InChI is InChI=1S/C19H30O/c20-19(15-7-13-17-9-3-1-4-10-17)16-8-14-18-11-5-2-6-12-18/h1-3,5,17-18H,4,6-16H2/t17-,18-/m0/s1. The van der Waals surface area contributed by atoms with Gasteiger partial charge in [0.25, 0.3) is 0 Å². The molecule has 0 aromatic heterocycles. The minimum atomic E-state index is 0.503. The topological polar surface area (TPSA) is 17.1 Å². The third kappa shape index (κ3) is 6.07. The predicted octanol–water partition coefficient (Wildman–Crippen LogP) is 5.61. The van der Waals surface area contributed by atoms with E-state index in [-0.39, 0.29) is 0 Å². The third-order valence-corrected chi connectivity index (χ3v) is 4.89. The van der Waals surface area contributed by atoms with Gasteiger partial charge in [0.1, 0.15) is 5.78 Å². The van der Waals surface area contributed by atoms with Crippen LogP contribution in [0.25, 0.3) is 0 Å². The van der Waals surface area contributed by atoms with Crippen molar-refractivity contribution in [3.05, 3.63) is 24.3 Å². The third-order valence-electron chi connectivity index (χ3n) is 4.89. The lowest BCUT2D eigenvalue weighted by atomic mass is 9.88. The Balaban J connectivity index is 1.47. The molecule has 2 aliphatic rings. The molecule has 0 N–H and O–H groups in total. The van der Waals surface area contributed by atoms with Crippen LogP contribution in [0.5, 0.6) is 0 Å². The summed E-state index contributed by atoms with van der Waals surface area (Å²) in [5, 5.41) is 0. The molecule has 0 bridgehead atoms. The lowest BCUT2D eigenvalue weighted by Crippen LogP contribution is -2.06. The summed E-state index contributed by atoms with van der Waals surface area (Å²) in [7, 11) is 0. The van der Waals surface area contributed by atoms with E-state index in [4.69, 9.17) is 0 Å². The van der Waals surface area contributed by atoms with Gasteiger partial charge in [0.15, 0.2) is 0 Å².